The number of rotatable bonds is 6. The lowest BCUT2D eigenvalue weighted by Gasteiger charge is -2.04. The Labute approximate surface area is 115 Å². The molecule has 0 bridgehead atoms. The fraction of sp³-hybridized carbons (Fsp3) is 0.417. The van der Waals surface area contributed by atoms with Crippen molar-refractivity contribution in [2.45, 2.75) is 13.3 Å². The van der Waals surface area contributed by atoms with E-state index in [0.717, 1.165) is 24.9 Å². The third-order valence-electron chi connectivity index (χ3n) is 2.69. The summed E-state index contributed by atoms with van der Waals surface area (Å²) in [4.78, 5) is 13.2. The summed E-state index contributed by atoms with van der Waals surface area (Å²) >= 11 is 1.27. The molecule has 2 aromatic heterocycles. The Hall–Kier alpha value is -1.73. The van der Waals surface area contributed by atoms with Crippen molar-refractivity contribution in [3.63, 3.8) is 0 Å². The van der Waals surface area contributed by atoms with Gasteiger partial charge < -0.3 is 16.4 Å². The van der Waals surface area contributed by atoms with Gasteiger partial charge in [0.05, 0.1) is 11.9 Å². The van der Waals surface area contributed by atoms with Crippen molar-refractivity contribution < 1.29 is 4.79 Å². The normalized spacial score (nSPS) is 10.8. The fourth-order valence-electron chi connectivity index (χ4n) is 1.71. The first-order chi connectivity index (χ1) is 9.24. The Kier molecular flexibility index (Phi) is 4.64. The third kappa shape index (κ3) is 3.18. The van der Waals surface area contributed by atoms with Gasteiger partial charge in [0, 0.05) is 11.9 Å². The third-order valence-corrected chi connectivity index (χ3v) is 3.80. The molecule has 0 radical (unpaired) electrons. The van der Waals surface area contributed by atoms with Gasteiger partial charge in [-0.3, -0.25) is 4.79 Å². The minimum absolute atomic E-state index is 0.142. The zero-order valence-electron chi connectivity index (χ0n) is 10.8. The molecule has 0 saturated carbocycles. The summed E-state index contributed by atoms with van der Waals surface area (Å²) in [5.41, 5.74) is 6.45. The molecule has 102 valence electrons. The van der Waals surface area contributed by atoms with Crippen LogP contribution < -0.4 is 16.4 Å². The van der Waals surface area contributed by atoms with Gasteiger partial charge in [0.2, 0.25) is 0 Å². The van der Waals surface area contributed by atoms with E-state index in [0.29, 0.717) is 21.9 Å². The molecule has 0 atom stereocenters. The second-order valence-electron chi connectivity index (χ2n) is 4.06. The van der Waals surface area contributed by atoms with Gasteiger partial charge in [0.1, 0.15) is 9.71 Å². The minimum Gasteiger partial charge on any atom is -0.397 e. The molecule has 0 unspecified atom stereocenters. The number of fused-ring (bicyclic) bond motifs is 1. The highest BCUT2D eigenvalue weighted by Crippen LogP contribution is 2.31. The number of carbonyl (C=O) groups excluding carboxylic acids is 1. The van der Waals surface area contributed by atoms with Crippen LogP contribution in [0.3, 0.4) is 0 Å². The van der Waals surface area contributed by atoms with Crippen LogP contribution in [0.4, 0.5) is 5.69 Å². The quantitative estimate of drug-likeness (QED) is 0.686. The molecule has 0 saturated heterocycles. The number of nitrogen functional groups attached to an aromatic ring is 1. The molecule has 2 rings (SSSR count). The van der Waals surface area contributed by atoms with Crippen LogP contribution in [0.2, 0.25) is 0 Å². The van der Waals surface area contributed by atoms with Crippen LogP contribution in [0.5, 0.6) is 0 Å². The van der Waals surface area contributed by atoms with Crippen molar-refractivity contribution in [2.24, 2.45) is 0 Å². The van der Waals surface area contributed by atoms with Crippen LogP contribution in [0.15, 0.2) is 12.3 Å². The summed E-state index contributed by atoms with van der Waals surface area (Å²) in [6.07, 6.45) is 2.47. The number of nitrogens with one attached hydrogen (secondary N) is 2. The van der Waals surface area contributed by atoms with Gasteiger partial charge in [0.15, 0.2) is 0 Å². The Balaban J connectivity index is 1.99. The number of hydrogen-bond donors (Lipinski definition) is 3. The van der Waals surface area contributed by atoms with Crippen molar-refractivity contribution in [2.75, 3.05) is 25.4 Å². The molecule has 0 aromatic carbocycles. The number of hydrogen-bond acceptors (Lipinski definition) is 6. The molecule has 7 heteroatoms. The predicted octanol–water partition coefficient (Wildman–Crippen LogP) is 1.00. The summed E-state index contributed by atoms with van der Waals surface area (Å²) in [5.74, 6) is -0.142. The van der Waals surface area contributed by atoms with E-state index in [1.54, 1.807) is 12.3 Å². The molecule has 0 aliphatic rings. The van der Waals surface area contributed by atoms with Crippen LogP contribution in [0.1, 0.15) is 23.0 Å². The van der Waals surface area contributed by atoms with Crippen molar-refractivity contribution in [1.29, 1.82) is 0 Å². The zero-order valence-corrected chi connectivity index (χ0v) is 11.6. The summed E-state index contributed by atoms with van der Waals surface area (Å²) < 4.78 is 0. The molecule has 4 N–H and O–H groups in total. The van der Waals surface area contributed by atoms with E-state index >= 15 is 0 Å². The summed E-state index contributed by atoms with van der Waals surface area (Å²) in [6, 6.07) is 1.77. The molecule has 6 nitrogen and oxygen atoms in total. The number of amides is 1. The summed E-state index contributed by atoms with van der Waals surface area (Å²) in [5, 5.41) is 14.6. The van der Waals surface area contributed by atoms with E-state index in [-0.39, 0.29) is 5.91 Å². The molecular weight excluding hydrogens is 262 g/mol. The van der Waals surface area contributed by atoms with Gasteiger partial charge in [0.25, 0.3) is 5.91 Å². The SMILES string of the molecule is CCNCCCNC(=O)c1sc2nnccc2c1N. The number of nitrogens with two attached hydrogens (primary N) is 1. The highest BCUT2D eigenvalue weighted by molar-refractivity contribution is 7.21. The topological polar surface area (TPSA) is 92.9 Å². The van der Waals surface area contributed by atoms with Gasteiger partial charge in [-0.1, -0.05) is 6.92 Å². The molecule has 0 spiro atoms. The van der Waals surface area contributed by atoms with Crippen LogP contribution >= 0.6 is 11.3 Å². The minimum atomic E-state index is -0.142. The Morgan fingerprint density at radius 3 is 3.05 bits per heavy atom. The van der Waals surface area contributed by atoms with E-state index in [4.69, 9.17) is 5.73 Å². The Bertz CT molecular complexity index is 568. The number of carbonyl (C=O) groups is 1. The second kappa shape index (κ2) is 6.44. The average molecular weight is 279 g/mol. The van der Waals surface area contributed by atoms with Crippen LogP contribution in [-0.2, 0) is 0 Å². The van der Waals surface area contributed by atoms with E-state index in [1.165, 1.54) is 11.3 Å². The van der Waals surface area contributed by atoms with Gasteiger partial charge in [-0.25, -0.2) is 0 Å². The first kappa shape index (κ1) is 13.7. The Morgan fingerprint density at radius 2 is 2.32 bits per heavy atom. The fourth-order valence-corrected chi connectivity index (χ4v) is 2.67. The van der Waals surface area contributed by atoms with Crippen molar-refractivity contribution in [1.82, 2.24) is 20.8 Å². The van der Waals surface area contributed by atoms with Crippen molar-refractivity contribution in [3.05, 3.63) is 17.1 Å². The average Bonchev–Trinajstić information content (AvgIpc) is 2.76. The highest BCUT2D eigenvalue weighted by atomic mass is 32.1. The summed E-state index contributed by atoms with van der Waals surface area (Å²) in [7, 11) is 0. The maximum atomic E-state index is 12.0. The predicted molar refractivity (Wildman–Crippen MR) is 77.3 cm³/mol. The molecule has 1 amide bonds. The molecule has 2 heterocycles. The van der Waals surface area contributed by atoms with Gasteiger partial charge in [-0.15, -0.1) is 16.4 Å². The number of anilines is 1. The van der Waals surface area contributed by atoms with Gasteiger partial charge in [-0.05, 0) is 25.6 Å². The second-order valence-corrected chi connectivity index (χ2v) is 5.06. The van der Waals surface area contributed by atoms with Crippen molar-refractivity contribution >= 4 is 33.1 Å². The molecule has 0 fully saturated rings. The maximum Gasteiger partial charge on any atom is 0.263 e. The molecule has 0 aliphatic carbocycles. The van der Waals surface area contributed by atoms with Gasteiger partial charge in [-0.2, -0.15) is 5.10 Å². The number of thiophene rings is 1. The van der Waals surface area contributed by atoms with E-state index in [1.807, 2.05) is 0 Å². The monoisotopic (exact) mass is 279 g/mol. The lowest BCUT2D eigenvalue weighted by Crippen LogP contribution is -2.27. The van der Waals surface area contributed by atoms with E-state index in [9.17, 15) is 4.79 Å². The summed E-state index contributed by atoms with van der Waals surface area (Å²) in [6.45, 7) is 4.52. The van der Waals surface area contributed by atoms with E-state index < -0.39 is 0 Å². The number of nitrogens with zero attached hydrogens (tertiary/aromatic N) is 2. The lowest BCUT2D eigenvalue weighted by atomic mass is 10.3. The molecule has 0 aliphatic heterocycles. The smallest absolute Gasteiger partial charge is 0.263 e. The Morgan fingerprint density at radius 1 is 1.47 bits per heavy atom. The molecule has 19 heavy (non-hydrogen) atoms. The first-order valence-corrected chi connectivity index (χ1v) is 7.04. The van der Waals surface area contributed by atoms with Crippen LogP contribution in [-0.4, -0.2) is 35.7 Å². The first-order valence-electron chi connectivity index (χ1n) is 6.22. The largest absolute Gasteiger partial charge is 0.397 e. The van der Waals surface area contributed by atoms with Gasteiger partial charge >= 0.3 is 0 Å². The van der Waals surface area contributed by atoms with Crippen LogP contribution in [0.25, 0.3) is 10.2 Å². The van der Waals surface area contributed by atoms with Crippen LogP contribution in [0, 0.1) is 0 Å². The molecular formula is C12H17N5OS. The molecule has 2 aromatic rings. The lowest BCUT2D eigenvalue weighted by molar-refractivity contribution is 0.0958. The van der Waals surface area contributed by atoms with Crippen molar-refractivity contribution in [3.8, 4) is 0 Å². The highest BCUT2D eigenvalue weighted by Gasteiger charge is 2.16. The maximum absolute atomic E-state index is 12.0. The standard InChI is InChI=1S/C12H17N5OS/c1-2-14-5-3-6-15-11(18)10-9(13)8-4-7-16-17-12(8)19-10/h4,7,14H,2-3,5-6,13H2,1H3,(H,15,18). The van der Waals surface area contributed by atoms with E-state index in [2.05, 4.69) is 27.8 Å². The number of aromatic nitrogens is 2. The zero-order chi connectivity index (χ0) is 13.7.